The summed E-state index contributed by atoms with van der Waals surface area (Å²) >= 11 is 9.33. The topological polar surface area (TPSA) is 47.9 Å². The van der Waals surface area contributed by atoms with Crippen molar-refractivity contribution in [3.63, 3.8) is 0 Å². The molecule has 14 aromatic rings. The SMILES string of the molecule is Brc1ccccc1I.Brc1ccccc1Nc1ccc(-c2ccc3c(c2)c2ccccc2n3-c2ccccc2)c2ccccc12.Nc1ccc(-c2ccc3c(c2)c2ccccc2n3-c2ccccc2)c2ccccc12. The van der Waals surface area contributed by atoms with Gasteiger partial charge in [-0.1, -0.05) is 170 Å². The minimum atomic E-state index is 0.816. The van der Waals surface area contributed by atoms with Crippen molar-refractivity contribution in [1.82, 2.24) is 9.13 Å². The van der Waals surface area contributed by atoms with E-state index in [2.05, 4.69) is 293 Å². The van der Waals surface area contributed by atoms with Gasteiger partial charge in [0.05, 0.1) is 27.8 Å². The van der Waals surface area contributed by atoms with Gasteiger partial charge in [0.2, 0.25) is 0 Å². The van der Waals surface area contributed by atoms with Crippen molar-refractivity contribution in [3.05, 3.63) is 279 Å². The van der Waals surface area contributed by atoms with Crippen LogP contribution in [0.1, 0.15) is 0 Å². The Morgan fingerprint density at radius 1 is 0.320 bits per heavy atom. The van der Waals surface area contributed by atoms with Gasteiger partial charge in [0.1, 0.15) is 0 Å². The maximum atomic E-state index is 6.23. The fraction of sp³-hybridized carbons (Fsp3) is 0. The Bertz CT molecular complexity index is 4370. The fourth-order valence-corrected chi connectivity index (χ4v) is 11.4. The van der Waals surface area contributed by atoms with Gasteiger partial charge in [0, 0.05) is 67.6 Å². The van der Waals surface area contributed by atoms with Crippen molar-refractivity contribution in [1.29, 1.82) is 0 Å². The predicted octanol–water partition coefficient (Wildman–Crippen LogP) is 20.3. The third kappa shape index (κ3) is 9.37. The average molecular weight is 1210 g/mol. The molecule has 3 N–H and O–H groups in total. The quantitative estimate of drug-likeness (QED) is 0.129. The highest BCUT2D eigenvalue weighted by Crippen LogP contribution is 2.41. The van der Waals surface area contributed by atoms with E-state index in [0.717, 1.165) is 26.9 Å². The summed E-state index contributed by atoms with van der Waals surface area (Å²) in [5, 5.41) is 13.4. The first-order valence-corrected chi connectivity index (χ1v) is 27.4. The lowest BCUT2D eigenvalue weighted by Gasteiger charge is -2.15. The molecule has 0 bridgehead atoms. The number of hydrogen-bond donors (Lipinski definition) is 2. The van der Waals surface area contributed by atoms with Crippen molar-refractivity contribution in [2.75, 3.05) is 11.1 Å². The van der Waals surface area contributed by atoms with Crippen molar-refractivity contribution < 1.29 is 0 Å². The summed E-state index contributed by atoms with van der Waals surface area (Å²) < 4.78 is 8.17. The van der Waals surface area contributed by atoms with E-state index >= 15 is 0 Å². The van der Waals surface area contributed by atoms with E-state index in [1.54, 1.807) is 0 Å². The zero-order valence-corrected chi connectivity index (χ0v) is 45.8. The van der Waals surface area contributed by atoms with Gasteiger partial charge >= 0.3 is 0 Å². The second-order valence-electron chi connectivity index (χ2n) is 18.3. The first-order chi connectivity index (χ1) is 36.9. The molecule has 0 saturated heterocycles. The molecule has 0 spiro atoms. The largest absolute Gasteiger partial charge is 0.398 e. The molecule has 0 aliphatic rings. The summed E-state index contributed by atoms with van der Waals surface area (Å²) in [6, 6.07) is 94.0. The van der Waals surface area contributed by atoms with Crippen LogP contribution in [0.3, 0.4) is 0 Å². The summed E-state index contributed by atoms with van der Waals surface area (Å²) in [7, 11) is 0. The third-order valence-corrected chi connectivity index (χ3v) is 16.9. The van der Waals surface area contributed by atoms with E-state index in [1.807, 2.05) is 42.5 Å². The smallest absolute Gasteiger partial charge is 0.0541 e. The first-order valence-electron chi connectivity index (χ1n) is 24.8. The molecule has 0 atom stereocenters. The molecule has 2 heterocycles. The Balaban J connectivity index is 0.000000134. The van der Waals surface area contributed by atoms with Gasteiger partial charge in [-0.3, -0.25) is 0 Å². The van der Waals surface area contributed by atoms with Gasteiger partial charge in [-0.2, -0.15) is 0 Å². The van der Waals surface area contributed by atoms with Gasteiger partial charge in [-0.05, 0) is 185 Å². The molecule has 0 saturated carbocycles. The van der Waals surface area contributed by atoms with Gasteiger partial charge in [-0.25, -0.2) is 0 Å². The molecule has 7 heteroatoms. The van der Waals surface area contributed by atoms with E-state index in [4.69, 9.17) is 5.73 Å². The molecule has 0 fully saturated rings. The molecule has 14 rings (SSSR count). The molecular weight excluding hydrogens is 1160 g/mol. The molecule has 0 aliphatic heterocycles. The Labute approximate surface area is 466 Å². The molecule has 0 radical (unpaired) electrons. The maximum absolute atomic E-state index is 6.23. The van der Waals surface area contributed by atoms with Crippen LogP contribution in [0.2, 0.25) is 0 Å². The lowest BCUT2D eigenvalue weighted by molar-refractivity contribution is 1.18. The highest BCUT2D eigenvalue weighted by atomic mass is 127. The number of para-hydroxylation sites is 5. The number of fused-ring (bicyclic) bond motifs is 8. The van der Waals surface area contributed by atoms with E-state index in [-0.39, 0.29) is 0 Å². The summed E-state index contributed by atoms with van der Waals surface area (Å²) in [6.07, 6.45) is 0. The normalized spacial score (nSPS) is 11.2. The van der Waals surface area contributed by atoms with Crippen molar-refractivity contribution in [3.8, 4) is 33.6 Å². The molecule has 0 unspecified atom stereocenters. The minimum absolute atomic E-state index is 0.816. The van der Waals surface area contributed by atoms with Crippen LogP contribution in [0.25, 0.3) is 98.8 Å². The molecule has 75 heavy (non-hydrogen) atoms. The number of nitrogens with two attached hydrogens (primary N) is 1. The molecule has 0 amide bonds. The second kappa shape index (κ2) is 21.1. The lowest BCUT2D eigenvalue weighted by atomic mass is 9.96. The van der Waals surface area contributed by atoms with Crippen LogP contribution in [-0.2, 0) is 0 Å². The molecular formula is C68H47Br2IN4. The van der Waals surface area contributed by atoms with E-state index in [1.165, 1.54) is 101 Å². The standard InChI is InChI=1S/C34H23BrN2.C28H20N2.C6H4BrI/c35-30-15-7-8-16-32(30)36-31-20-19-25(26-12-4-5-13-27(26)31)23-18-21-34-29(22-23)28-14-6-9-17-33(28)37(34)24-10-2-1-3-11-24;29-26-16-15-21(22-10-4-5-11-23(22)26)19-14-17-28-25(18-19)24-12-6-7-13-27(24)30(28)20-8-2-1-3-9-20;7-5-3-1-2-4-6(5)8/h1-22,36H;1-18H,29H2;1-4H. The Morgan fingerprint density at radius 3 is 1.25 bits per heavy atom. The number of aromatic nitrogens is 2. The highest BCUT2D eigenvalue weighted by Gasteiger charge is 2.17. The number of halogens is 3. The number of benzene rings is 12. The van der Waals surface area contributed by atoms with Crippen LogP contribution < -0.4 is 11.1 Å². The Kier molecular flexibility index (Phi) is 13.5. The number of anilines is 3. The third-order valence-electron chi connectivity index (χ3n) is 13.8. The molecule has 360 valence electrons. The molecule has 4 nitrogen and oxygen atoms in total. The Hall–Kier alpha value is -7.95. The van der Waals surface area contributed by atoms with Crippen molar-refractivity contribution in [2.45, 2.75) is 0 Å². The second-order valence-corrected chi connectivity index (χ2v) is 21.2. The van der Waals surface area contributed by atoms with Crippen LogP contribution >= 0.6 is 54.5 Å². The van der Waals surface area contributed by atoms with Gasteiger partial charge < -0.3 is 20.2 Å². The summed E-state index contributed by atoms with van der Waals surface area (Å²) in [5.41, 5.74) is 21.3. The summed E-state index contributed by atoms with van der Waals surface area (Å²) in [4.78, 5) is 0. The molecule has 0 aliphatic carbocycles. The molecule has 12 aromatic carbocycles. The zero-order chi connectivity index (χ0) is 50.8. The number of nitrogens with one attached hydrogen (secondary N) is 1. The number of rotatable bonds is 6. The average Bonchev–Trinajstić information content (AvgIpc) is 3.98. The highest BCUT2D eigenvalue weighted by molar-refractivity contribution is 14.1. The van der Waals surface area contributed by atoms with Crippen LogP contribution in [-0.4, -0.2) is 9.13 Å². The van der Waals surface area contributed by atoms with Crippen LogP contribution in [0.15, 0.2) is 276 Å². The Morgan fingerprint density at radius 2 is 0.733 bits per heavy atom. The van der Waals surface area contributed by atoms with Gasteiger partial charge in [0.15, 0.2) is 0 Å². The number of nitrogens with zero attached hydrogens (tertiary/aromatic N) is 2. The zero-order valence-electron chi connectivity index (χ0n) is 40.5. The first kappa shape index (κ1) is 48.0. The number of nitrogen functional groups attached to an aromatic ring is 1. The van der Waals surface area contributed by atoms with Crippen molar-refractivity contribution in [2.24, 2.45) is 0 Å². The summed E-state index contributed by atoms with van der Waals surface area (Å²) in [5.74, 6) is 0. The van der Waals surface area contributed by atoms with Crippen molar-refractivity contribution >= 4 is 137 Å². The van der Waals surface area contributed by atoms with E-state index in [0.29, 0.717) is 0 Å². The fourth-order valence-electron chi connectivity index (χ4n) is 10.4. The van der Waals surface area contributed by atoms with Crippen LogP contribution in [0.5, 0.6) is 0 Å². The monoisotopic (exact) mass is 1200 g/mol. The van der Waals surface area contributed by atoms with Gasteiger partial charge in [-0.15, -0.1) is 0 Å². The van der Waals surface area contributed by atoms with E-state index < -0.39 is 0 Å². The van der Waals surface area contributed by atoms with Gasteiger partial charge in [0.25, 0.3) is 0 Å². The predicted molar refractivity (Wildman–Crippen MR) is 336 cm³/mol. The summed E-state index contributed by atoms with van der Waals surface area (Å²) in [6.45, 7) is 0. The van der Waals surface area contributed by atoms with Crippen LogP contribution in [0, 0.1) is 3.57 Å². The lowest BCUT2D eigenvalue weighted by Crippen LogP contribution is -1.94. The number of hydrogen-bond acceptors (Lipinski definition) is 2. The minimum Gasteiger partial charge on any atom is -0.398 e. The maximum Gasteiger partial charge on any atom is 0.0541 e. The molecule has 2 aromatic heterocycles. The van der Waals surface area contributed by atoms with E-state index in [9.17, 15) is 0 Å². The van der Waals surface area contributed by atoms with Crippen LogP contribution in [0.4, 0.5) is 17.1 Å².